The van der Waals surface area contributed by atoms with E-state index in [-0.39, 0.29) is 24.7 Å². The van der Waals surface area contributed by atoms with Gasteiger partial charge in [0.2, 0.25) is 5.91 Å². The molecule has 0 radical (unpaired) electrons. The maximum Gasteiger partial charge on any atom is 0.404 e. The van der Waals surface area contributed by atoms with Crippen LogP contribution < -0.4 is 10.2 Å². The van der Waals surface area contributed by atoms with E-state index in [9.17, 15) is 18.0 Å². The summed E-state index contributed by atoms with van der Waals surface area (Å²) < 4.78 is 56.1. The predicted molar refractivity (Wildman–Crippen MR) is 180 cm³/mol. The van der Waals surface area contributed by atoms with Crippen molar-refractivity contribution in [1.82, 2.24) is 9.80 Å². The first-order valence-electron chi connectivity index (χ1n) is 16.8. The Hall–Kier alpha value is -3.85. The lowest BCUT2D eigenvalue weighted by Crippen LogP contribution is -2.43. The first kappa shape index (κ1) is 33.1. The van der Waals surface area contributed by atoms with E-state index < -0.39 is 24.2 Å². The van der Waals surface area contributed by atoms with E-state index in [1.165, 1.54) is 16.5 Å². The molecule has 250 valence electrons. The molecule has 1 N–H and O–H groups in total. The molecule has 47 heavy (non-hydrogen) atoms. The van der Waals surface area contributed by atoms with Gasteiger partial charge in [-0.25, -0.2) is 4.39 Å². The van der Waals surface area contributed by atoms with Gasteiger partial charge in [-0.2, -0.15) is 13.2 Å². The average molecular weight is 649 g/mol. The largest absolute Gasteiger partial charge is 0.404 e. The van der Waals surface area contributed by atoms with Crippen molar-refractivity contribution in [2.45, 2.75) is 77.2 Å². The van der Waals surface area contributed by atoms with Gasteiger partial charge in [0.05, 0.1) is 12.0 Å². The zero-order valence-corrected chi connectivity index (χ0v) is 27.3. The van der Waals surface area contributed by atoms with Gasteiger partial charge in [0.25, 0.3) is 0 Å². The van der Waals surface area contributed by atoms with Gasteiger partial charge in [0.1, 0.15) is 11.9 Å². The summed E-state index contributed by atoms with van der Waals surface area (Å²) in [6.07, 6.45) is 0.0463. The van der Waals surface area contributed by atoms with Gasteiger partial charge in [-0.1, -0.05) is 49.0 Å². The first-order chi connectivity index (χ1) is 22.5. The highest BCUT2D eigenvalue weighted by Crippen LogP contribution is 2.42. The van der Waals surface area contributed by atoms with E-state index in [1.54, 1.807) is 6.07 Å². The molecule has 3 fully saturated rings. The monoisotopic (exact) mass is 648 g/mol. The highest BCUT2D eigenvalue weighted by molar-refractivity contribution is 5.94. The molecule has 0 aliphatic carbocycles. The number of carbonyl (C=O) groups excluding carboxylic acids is 1. The number of piperidine rings is 1. The number of alkyl halides is 3. The van der Waals surface area contributed by atoms with Gasteiger partial charge in [-0.15, -0.1) is 0 Å². The average Bonchev–Trinajstić information content (AvgIpc) is 3.75. The molecule has 3 aromatic rings. The molecule has 5 nitrogen and oxygen atoms in total. The van der Waals surface area contributed by atoms with Crippen LogP contribution in [0.2, 0.25) is 0 Å². The second-order valence-corrected chi connectivity index (χ2v) is 13.4. The summed E-state index contributed by atoms with van der Waals surface area (Å²) in [5.74, 6) is -0.957. The Labute approximate surface area is 275 Å². The topological polar surface area (TPSA) is 38.8 Å². The summed E-state index contributed by atoms with van der Waals surface area (Å²) in [4.78, 5) is 20.1. The van der Waals surface area contributed by atoms with Crippen LogP contribution in [0.15, 0.2) is 67.2 Å². The molecular weight excluding hydrogens is 604 g/mol. The Morgan fingerprint density at radius 2 is 1.62 bits per heavy atom. The summed E-state index contributed by atoms with van der Waals surface area (Å²) in [5, 5.41) is 3.19. The minimum Gasteiger partial charge on any atom is -0.371 e. The fourth-order valence-corrected chi connectivity index (χ4v) is 7.79. The predicted octanol–water partition coefficient (Wildman–Crippen LogP) is 8.63. The normalized spacial score (nSPS) is 22.1. The SMILES string of the molecule is C=C(c1c(C)cccc1F)N1CCCC(C(=O)Nc2ccc(C)c(N3CCCC3)c2)C1c1ccc(CN2CCCC2C(F)(F)F)cc1. The minimum absolute atomic E-state index is 0.119. The molecule has 0 aromatic heterocycles. The quantitative estimate of drug-likeness (QED) is 0.248. The number of hydrogen-bond donors (Lipinski definition) is 1. The number of nitrogens with zero attached hydrogens (tertiary/aromatic N) is 3. The molecule has 6 rings (SSSR count). The van der Waals surface area contributed by atoms with Gasteiger partial charge in [-0.3, -0.25) is 9.69 Å². The standard InChI is InChI=1S/C38H44F4N4O/c1-25-13-18-30(23-33(25)44-19-4-5-20-44)43-37(47)31-10-7-22-46(27(3)35-26(2)9-6-11-32(35)39)36(31)29-16-14-28(15-17-29)24-45-21-8-12-34(45)38(40,41)42/h6,9,11,13-18,23,31,34,36H,3-5,7-8,10,12,19-22,24H2,1-2H3,(H,43,47). The van der Waals surface area contributed by atoms with Crippen LogP contribution in [0.25, 0.3) is 5.70 Å². The summed E-state index contributed by atoms with van der Waals surface area (Å²) in [7, 11) is 0. The van der Waals surface area contributed by atoms with Crippen molar-refractivity contribution >= 4 is 23.0 Å². The number of rotatable bonds is 8. The van der Waals surface area contributed by atoms with Crippen molar-refractivity contribution in [1.29, 1.82) is 0 Å². The van der Waals surface area contributed by atoms with Crippen molar-refractivity contribution in [2.75, 3.05) is 36.4 Å². The number of aryl methyl sites for hydroxylation is 2. The second-order valence-electron chi connectivity index (χ2n) is 13.4. The van der Waals surface area contributed by atoms with Crippen LogP contribution in [0.4, 0.5) is 28.9 Å². The molecule has 0 bridgehead atoms. The molecule has 1 amide bonds. The fourth-order valence-electron chi connectivity index (χ4n) is 7.79. The van der Waals surface area contributed by atoms with Crippen LogP contribution in [-0.2, 0) is 11.3 Å². The maximum absolute atomic E-state index is 15.2. The summed E-state index contributed by atoms with van der Waals surface area (Å²) >= 11 is 0. The van der Waals surface area contributed by atoms with Crippen molar-refractivity contribution < 1.29 is 22.4 Å². The van der Waals surface area contributed by atoms with Gasteiger partial charge < -0.3 is 15.1 Å². The van der Waals surface area contributed by atoms with E-state index in [2.05, 4.69) is 29.8 Å². The Morgan fingerprint density at radius 3 is 2.32 bits per heavy atom. The zero-order chi connectivity index (χ0) is 33.3. The van der Waals surface area contributed by atoms with Crippen LogP contribution in [0.3, 0.4) is 0 Å². The molecule has 0 spiro atoms. The van der Waals surface area contributed by atoms with Crippen LogP contribution in [0.5, 0.6) is 0 Å². The first-order valence-corrected chi connectivity index (χ1v) is 16.8. The smallest absolute Gasteiger partial charge is 0.371 e. The number of halogens is 4. The molecule has 3 saturated heterocycles. The summed E-state index contributed by atoms with van der Waals surface area (Å²) in [6.45, 7) is 11.5. The molecule has 3 aromatic carbocycles. The van der Waals surface area contributed by atoms with E-state index in [4.69, 9.17) is 0 Å². The molecule has 3 heterocycles. The Kier molecular flexibility index (Phi) is 9.65. The zero-order valence-electron chi connectivity index (χ0n) is 27.3. The highest BCUT2D eigenvalue weighted by Gasteiger charge is 2.45. The second kappa shape index (κ2) is 13.7. The number of anilines is 2. The van der Waals surface area contributed by atoms with Crippen LogP contribution >= 0.6 is 0 Å². The fraction of sp³-hybridized carbons (Fsp3) is 0.447. The Morgan fingerprint density at radius 1 is 0.894 bits per heavy atom. The van der Waals surface area contributed by atoms with Crippen molar-refractivity contribution in [2.24, 2.45) is 5.92 Å². The van der Waals surface area contributed by atoms with E-state index in [0.717, 1.165) is 60.4 Å². The van der Waals surface area contributed by atoms with E-state index in [0.29, 0.717) is 37.2 Å². The molecule has 0 saturated carbocycles. The molecule has 3 aliphatic heterocycles. The minimum atomic E-state index is -4.25. The van der Waals surface area contributed by atoms with Crippen molar-refractivity contribution in [3.8, 4) is 0 Å². The van der Waals surface area contributed by atoms with Gasteiger partial charge in [0, 0.05) is 48.8 Å². The third-order valence-corrected chi connectivity index (χ3v) is 10.2. The molecule has 3 unspecified atom stereocenters. The number of likely N-dealkylation sites (tertiary alicyclic amines) is 2. The molecule has 3 aliphatic rings. The number of amides is 1. The van der Waals surface area contributed by atoms with E-state index in [1.807, 2.05) is 54.3 Å². The lowest BCUT2D eigenvalue weighted by molar-refractivity contribution is -0.177. The van der Waals surface area contributed by atoms with Crippen molar-refractivity contribution in [3.05, 3.63) is 101 Å². The summed E-state index contributed by atoms with van der Waals surface area (Å²) in [6, 6.07) is 16.7. The van der Waals surface area contributed by atoms with Crippen molar-refractivity contribution in [3.63, 3.8) is 0 Å². The van der Waals surface area contributed by atoms with Gasteiger partial charge in [-0.05, 0) is 99.4 Å². The Balaban J connectivity index is 1.30. The summed E-state index contributed by atoms with van der Waals surface area (Å²) in [5.41, 5.74) is 6.37. The van der Waals surface area contributed by atoms with Crippen LogP contribution in [0, 0.1) is 25.6 Å². The Bertz CT molecular complexity index is 1580. The third kappa shape index (κ3) is 7.05. The number of benzene rings is 3. The molecule has 9 heteroatoms. The lowest BCUT2D eigenvalue weighted by atomic mass is 9.82. The molecule has 3 atom stereocenters. The highest BCUT2D eigenvalue weighted by atomic mass is 19.4. The number of nitrogens with one attached hydrogen (secondary N) is 1. The number of carbonyl (C=O) groups is 1. The molecular formula is C38H44F4N4O. The third-order valence-electron chi connectivity index (χ3n) is 10.2. The van der Waals surface area contributed by atoms with Gasteiger partial charge in [0.15, 0.2) is 0 Å². The van der Waals surface area contributed by atoms with Gasteiger partial charge >= 0.3 is 6.18 Å². The number of hydrogen-bond acceptors (Lipinski definition) is 4. The van der Waals surface area contributed by atoms with E-state index >= 15 is 4.39 Å². The van der Waals surface area contributed by atoms with Crippen LogP contribution in [-0.4, -0.2) is 54.1 Å². The maximum atomic E-state index is 15.2. The lowest BCUT2D eigenvalue weighted by Gasteiger charge is -2.43. The van der Waals surface area contributed by atoms with Crippen LogP contribution in [0.1, 0.15) is 72.4 Å².